The summed E-state index contributed by atoms with van der Waals surface area (Å²) >= 11 is 0. The average molecular weight is 678 g/mol. The SMILES string of the molecule is Cc1ccc(N([C@H]2C[C@@H](OCc3ccccc3)[C@@H](OCc3ccccc3)[C@@H](COCc3ccccc3)O2)S(=O)(=O)Cc2ccccc2)cc1. The summed E-state index contributed by atoms with van der Waals surface area (Å²) in [6.45, 7) is 3.21. The zero-order valence-electron chi connectivity index (χ0n) is 27.7. The molecule has 7 nitrogen and oxygen atoms in total. The number of aryl methyl sites for hydroxylation is 1. The summed E-state index contributed by atoms with van der Waals surface area (Å²) in [4.78, 5) is 0. The summed E-state index contributed by atoms with van der Waals surface area (Å²) in [5.74, 6) is -0.180. The second-order valence-corrected chi connectivity index (χ2v) is 14.2. The number of hydrogen-bond acceptors (Lipinski definition) is 6. The molecule has 0 amide bonds. The quantitative estimate of drug-likeness (QED) is 0.112. The Morgan fingerprint density at radius 3 is 1.67 bits per heavy atom. The van der Waals surface area contributed by atoms with E-state index in [1.54, 1.807) is 0 Å². The average Bonchev–Trinajstić information content (AvgIpc) is 3.12. The van der Waals surface area contributed by atoms with E-state index in [0.29, 0.717) is 31.1 Å². The number of nitrogens with zero attached hydrogens (tertiary/aromatic N) is 1. The Morgan fingerprint density at radius 2 is 1.12 bits per heavy atom. The van der Waals surface area contributed by atoms with E-state index in [9.17, 15) is 8.42 Å². The molecule has 49 heavy (non-hydrogen) atoms. The number of anilines is 1. The molecule has 0 radical (unpaired) electrons. The molecular weight excluding hydrogens is 635 g/mol. The minimum absolute atomic E-state index is 0.177. The third-order valence-electron chi connectivity index (χ3n) is 8.53. The van der Waals surface area contributed by atoms with E-state index in [1.165, 1.54) is 4.31 Å². The van der Waals surface area contributed by atoms with Gasteiger partial charge in [0.05, 0.1) is 44.0 Å². The lowest BCUT2D eigenvalue weighted by molar-refractivity contribution is -0.218. The van der Waals surface area contributed by atoms with Gasteiger partial charge in [-0.15, -0.1) is 0 Å². The number of ether oxygens (including phenoxy) is 4. The van der Waals surface area contributed by atoms with Crippen molar-refractivity contribution in [3.8, 4) is 0 Å². The van der Waals surface area contributed by atoms with Crippen LogP contribution in [0.5, 0.6) is 0 Å². The molecule has 0 aliphatic carbocycles. The van der Waals surface area contributed by atoms with Gasteiger partial charge in [-0.2, -0.15) is 0 Å². The zero-order chi connectivity index (χ0) is 33.9. The van der Waals surface area contributed by atoms with Crippen molar-refractivity contribution in [1.82, 2.24) is 0 Å². The molecule has 1 fully saturated rings. The van der Waals surface area contributed by atoms with E-state index in [0.717, 1.165) is 22.3 Å². The van der Waals surface area contributed by atoms with Crippen LogP contribution in [-0.4, -0.2) is 39.6 Å². The van der Waals surface area contributed by atoms with E-state index >= 15 is 0 Å². The van der Waals surface area contributed by atoms with Crippen molar-refractivity contribution in [2.45, 2.75) is 63.5 Å². The Hall–Kier alpha value is -4.31. The van der Waals surface area contributed by atoms with Gasteiger partial charge in [-0.1, -0.05) is 139 Å². The van der Waals surface area contributed by atoms with Gasteiger partial charge in [-0.3, -0.25) is 0 Å². The standard InChI is InChI=1S/C41H43NO6S/c1-32-22-24-37(25-23-32)42(49(43,44)31-36-20-12-5-13-21-36)40-26-38(46-28-34-16-8-3-9-17-34)41(47-29-35-18-10-4-11-19-35)39(48-40)30-45-27-33-14-6-2-7-15-33/h2-25,38-41H,26-31H2,1H3/t38-,39-,40-,41-/m1/s1. The smallest absolute Gasteiger partial charge is 0.241 e. The van der Waals surface area contributed by atoms with Gasteiger partial charge < -0.3 is 18.9 Å². The van der Waals surface area contributed by atoms with Crippen LogP contribution in [0.15, 0.2) is 146 Å². The molecule has 8 heteroatoms. The molecule has 0 saturated carbocycles. The second-order valence-electron chi connectivity index (χ2n) is 12.3. The van der Waals surface area contributed by atoms with Crippen molar-refractivity contribution in [2.75, 3.05) is 10.9 Å². The normalized spacial score (nSPS) is 19.4. The summed E-state index contributed by atoms with van der Waals surface area (Å²) in [7, 11) is -3.92. The fraction of sp³-hybridized carbons (Fsp3) is 0.268. The number of sulfonamides is 1. The van der Waals surface area contributed by atoms with E-state index < -0.39 is 34.6 Å². The molecule has 1 aliphatic rings. The first kappa shape index (κ1) is 34.5. The third kappa shape index (κ3) is 9.65. The zero-order valence-corrected chi connectivity index (χ0v) is 28.5. The fourth-order valence-electron chi connectivity index (χ4n) is 6.03. The molecule has 0 N–H and O–H groups in total. The second kappa shape index (κ2) is 16.9. The highest BCUT2D eigenvalue weighted by molar-refractivity contribution is 7.92. The molecule has 4 atom stereocenters. The molecule has 5 aromatic carbocycles. The van der Waals surface area contributed by atoms with Gasteiger partial charge in [0.2, 0.25) is 10.0 Å². The molecular formula is C41H43NO6S. The van der Waals surface area contributed by atoms with Gasteiger partial charge in [-0.25, -0.2) is 12.7 Å². The predicted molar refractivity (Wildman–Crippen MR) is 192 cm³/mol. The van der Waals surface area contributed by atoms with E-state index in [4.69, 9.17) is 18.9 Å². The van der Waals surface area contributed by atoms with Crippen LogP contribution in [0.2, 0.25) is 0 Å². The monoisotopic (exact) mass is 677 g/mol. The van der Waals surface area contributed by atoms with Crippen molar-refractivity contribution < 1.29 is 27.4 Å². The lowest BCUT2D eigenvalue weighted by Gasteiger charge is -2.45. The third-order valence-corrected chi connectivity index (χ3v) is 10.3. The first-order valence-electron chi connectivity index (χ1n) is 16.7. The molecule has 1 saturated heterocycles. The van der Waals surface area contributed by atoms with E-state index in [1.807, 2.05) is 153 Å². The van der Waals surface area contributed by atoms with Gasteiger partial charge in [0, 0.05) is 6.42 Å². The lowest BCUT2D eigenvalue weighted by Crippen LogP contribution is -2.58. The van der Waals surface area contributed by atoms with Crippen molar-refractivity contribution in [3.63, 3.8) is 0 Å². The highest BCUT2D eigenvalue weighted by Gasteiger charge is 2.45. The van der Waals surface area contributed by atoms with Gasteiger partial charge in [0.15, 0.2) is 0 Å². The Morgan fingerprint density at radius 1 is 0.633 bits per heavy atom. The number of rotatable bonds is 15. The van der Waals surface area contributed by atoms with Crippen LogP contribution in [0, 0.1) is 6.92 Å². The van der Waals surface area contributed by atoms with Crippen molar-refractivity contribution in [3.05, 3.63) is 173 Å². The summed E-state index contributed by atoms with van der Waals surface area (Å²) in [6.07, 6.45) is -2.30. The van der Waals surface area contributed by atoms with Crippen LogP contribution < -0.4 is 4.31 Å². The first-order chi connectivity index (χ1) is 23.9. The van der Waals surface area contributed by atoms with Crippen LogP contribution in [0.4, 0.5) is 5.69 Å². The highest BCUT2D eigenvalue weighted by atomic mass is 32.2. The van der Waals surface area contributed by atoms with Gasteiger partial charge in [0.1, 0.15) is 18.4 Å². The molecule has 1 heterocycles. The molecule has 0 spiro atoms. The van der Waals surface area contributed by atoms with E-state index in [-0.39, 0.29) is 18.8 Å². The lowest BCUT2D eigenvalue weighted by atomic mass is 9.99. The summed E-state index contributed by atoms with van der Waals surface area (Å²) in [5.41, 5.74) is 5.30. The van der Waals surface area contributed by atoms with Gasteiger partial charge in [0.25, 0.3) is 0 Å². The summed E-state index contributed by atoms with van der Waals surface area (Å²) in [5, 5.41) is 0. The van der Waals surface area contributed by atoms with Crippen LogP contribution in [-0.2, 0) is 54.5 Å². The Kier molecular flexibility index (Phi) is 11.9. The minimum atomic E-state index is -3.92. The van der Waals surface area contributed by atoms with Crippen LogP contribution in [0.1, 0.15) is 34.2 Å². The highest BCUT2D eigenvalue weighted by Crippen LogP contribution is 2.34. The van der Waals surface area contributed by atoms with Crippen LogP contribution >= 0.6 is 0 Å². The fourth-order valence-corrected chi connectivity index (χ4v) is 7.72. The first-order valence-corrected chi connectivity index (χ1v) is 18.3. The Bertz CT molecular complexity index is 1810. The van der Waals surface area contributed by atoms with Crippen LogP contribution in [0.25, 0.3) is 0 Å². The molecule has 1 aliphatic heterocycles. The predicted octanol–water partition coefficient (Wildman–Crippen LogP) is 7.83. The molecule has 254 valence electrons. The van der Waals surface area contributed by atoms with E-state index in [2.05, 4.69) is 0 Å². The number of benzene rings is 5. The van der Waals surface area contributed by atoms with Crippen LogP contribution in [0.3, 0.4) is 0 Å². The Balaban J connectivity index is 1.34. The molecule has 0 bridgehead atoms. The number of hydrogen-bond donors (Lipinski definition) is 0. The topological polar surface area (TPSA) is 74.3 Å². The maximum absolute atomic E-state index is 14.4. The molecule has 0 aromatic heterocycles. The van der Waals surface area contributed by atoms with Crippen molar-refractivity contribution >= 4 is 15.7 Å². The van der Waals surface area contributed by atoms with Crippen molar-refractivity contribution in [2.24, 2.45) is 0 Å². The molecule has 0 unspecified atom stereocenters. The summed E-state index contributed by atoms with van der Waals surface area (Å²) in [6, 6.07) is 46.6. The maximum atomic E-state index is 14.4. The van der Waals surface area contributed by atoms with Crippen molar-refractivity contribution in [1.29, 1.82) is 0 Å². The maximum Gasteiger partial charge on any atom is 0.241 e. The molecule has 5 aromatic rings. The van der Waals surface area contributed by atoms with Gasteiger partial charge in [-0.05, 0) is 41.3 Å². The minimum Gasteiger partial charge on any atom is -0.374 e. The summed E-state index contributed by atoms with van der Waals surface area (Å²) < 4.78 is 56.6. The largest absolute Gasteiger partial charge is 0.374 e. The van der Waals surface area contributed by atoms with Gasteiger partial charge >= 0.3 is 0 Å². The Labute approximate surface area is 290 Å². The molecule has 6 rings (SSSR count).